The van der Waals surface area contributed by atoms with E-state index in [0.717, 1.165) is 48.3 Å². The first-order chi connectivity index (χ1) is 15.5. The van der Waals surface area contributed by atoms with Crippen molar-refractivity contribution in [2.45, 2.75) is 26.2 Å². The van der Waals surface area contributed by atoms with E-state index in [1.165, 1.54) is 5.56 Å². The third-order valence-corrected chi connectivity index (χ3v) is 6.77. The molecule has 2 aromatic carbocycles. The number of aromatic nitrogens is 2. The molecule has 1 amide bonds. The molecule has 1 saturated heterocycles. The minimum absolute atomic E-state index is 0. The number of carbonyl (C=O) groups is 1. The number of nitrogens with zero attached hydrogens (tertiary/aromatic N) is 3. The quantitative estimate of drug-likeness (QED) is 0.463. The molecule has 0 radical (unpaired) electrons. The molecule has 0 unspecified atom stereocenters. The number of amides is 1. The van der Waals surface area contributed by atoms with Crippen molar-refractivity contribution in [3.63, 3.8) is 0 Å². The van der Waals surface area contributed by atoms with Crippen molar-refractivity contribution in [2.24, 2.45) is 11.1 Å². The number of nitrogens with two attached hydrogens (primary N) is 1. The Labute approximate surface area is 199 Å². The number of aliphatic hydroxyl groups excluding tert-OH is 1. The predicted octanol–water partition coefficient (Wildman–Crippen LogP) is 4.20. The lowest BCUT2D eigenvalue weighted by Gasteiger charge is -2.40. The van der Waals surface area contributed by atoms with Crippen LogP contribution in [-0.2, 0) is 6.42 Å². The molecule has 0 aliphatic carbocycles. The molecule has 0 spiro atoms. The van der Waals surface area contributed by atoms with E-state index in [9.17, 15) is 9.90 Å². The van der Waals surface area contributed by atoms with Gasteiger partial charge in [0, 0.05) is 26.1 Å². The highest BCUT2D eigenvalue weighted by Crippen LogP contribution is 2.37. The molecular formula is C26H29ClN4O2. The van der Waals surface area contributed by atoms with E-state index in [0.29, 0.717) is 17.6 Å². The fourth-order valence-electron chi connectivity index (χ4n) is 4.76. The van der Waals surface area contributed by atoms with E-state index in [-0.39, 0.29) is 24.4 Å². The van der Waals surface area contributed by atoms with E-state index in [1.807, 2.05) is 48.5 Å². The maximum atomic E-state index is 12.4. The maximum Gasteiger partial charge on any atom is 0.252 e. The van der Waals surface area contributed by atoms with Crippen molar-refractivity contribution in [3.05, 3.63) is 77.4 Å². The van der Waals surface area contributed by atoms with Gasteiger partial charge in [0.15, 0.2) is 5.65 Å². The van der Waals surface area contributed by atoms with Gasteiger partial charge in [0.05, 0.1) is 16.6 Å². The van der Waals surface area contributed by atoms with Crippen LogP contribution in [0, 0.1) is 5.41 Å². The predicted molar refractivity (Wildman–Crippen MR) is 134 cm³/mol. The van der Waals surface area contributed by atoms with E-state index in [4.69, 9.17) is 10.7 Å². The average molecular weight is 465 g/mol. The molecule has 0 saturated carbocycles. The van der Waals surface area contributed by atoms with E-state index >= 15 is 0 Å². The second-order valence-corrected chi connectivity index (χ2v) is 9.15. The van der Waals surface area contributed by atoms with Gasteiger partial charge in [0.25, 0.3) is 5.91 Å². The summed E-state index contributed by atoms with van der Waals surface area (Å²) in [6, 6.07) is 20.1. The number of primary amides is 1. The minimum Gasteiger partial charge on any atom is -0.396 e. The van der Waals surface area contributed by atoms with Gasteiger partial charge in [-0.3, -0.25) is 9.20 Å². The molecule has 3 heterocycles. The molecule has 3 N–H and O–H groups in total. The summed E-state index contributed by atoms with van der Waals surface area (Å²) in [5, 5.41) is 9.85. The van der Waals surface area contributed by atoms with Crippen LogP contribution < -0.4 is 10.6 Å². The van der Waals surface area contributed by atoms with Gasteiger partial charge in [0.1, 0.15) is 5.82 Å². The molecule has 1 aliphatic rings. The number of fused-ring (bicyclic) bond motifs is 3. The van der Waals surface area contributed by atoms with Gasteiger partial charge in [-0.05, 0) is 47.6 Å². The smallest absolute Gasteiger partial charge is 0.252 e. The summed E-state index contributed by atoms with van der Waals surface area (Å²) in [6.07, 6.45) is 2.49. The molecule has 6 nitrogen and oxygen atoms in total. The number of para-hydroxylation sites is 2. The highest BCUT2D eigenvalue weighted by atomic mass is 35.5. The van der Waals surface area contributed by atoms with Crippen molar-refractivity contribution >= 4 is 40.8 Å². The number of hydrogen-bond donors (Lipinski definition) is 2. The monoisotopic (exact) mass is 464 g/mol. The molecular weight excluding hydrogens is 436 g/mol. The summed E-state index contributed by atoms with van der Waals surface area (Å²) in [5.74, 6) is 0.584. The van der Waals surface area contributed by atoms with Gasteiger partial charge in [-0.2, -0.15) is 0 Å². The van der Waals surface area contributed by atoms with Gasteiger partial charge in [0.2, 0.25) is 0 Å². The lowest BCUT2D eigenvalue weighted by Crippen LogP contribution is -2.41. The largest absolute Gasteiger partial charge is 0.396 e. The summed E-state index contributed by atoms with van der Waals surface area (Å²) in [7, 11) is 0. The first-order valence-electron chi connectivity index (χ1n) is 11.1. The van der Waals surface area contributed by atoms with Crippen LogP contribution in [0.5, 0.6) is 0 Å². The number of imidazole rings is 1. The van der Waals surface area contributed by atoms with Crippen molar-refractivity contribution in [2.75, 3.05) is 24.6 Å². The standard InChI is InChI=1S/C26H28N4O2.ClH/c1-26(17-31)11-13-29(14-12-26)25-19(15-18-7-3-2-4-8-18)16-20(23(27)32)24-28-21-9-5-6-10-22(21)30(24)25;/h2-10,16,31H,11-15,17H2,1H3,(H2,27,32);1H. The fourth-order valence-corrected chi connectivity index (χ4v) is 4.76. The zero-order valence-electron chi connectivity index (χ0n) is 18.7. The SMILES string of the molecule is CC1(CO)CCN(c2c(Cc3ccccc3)cc(C(N)=O)c3nc4ccccc4n23)CC1.Cl. The second-order valence-electron chi connectivity index (χ2n) is 9.15. The van der Waals surface area contributed by atoms with Crippen LogP contribution in [0.2, 0.25) is 0 Å². The molecule has 1 aliphatic heterocycles. The molecule has 2 aromatic heterocycles. The van der Waals surface area contributed by atoms with Crippen LogP contribution in [0.3, 0.4) is 0 Å². The Morgan fingerprint density at radius 2 is 1.76 bits per heavy atom. The number of anilines is 1. The Kier molecular flexibility index (Phi) is 6.32. The van der Waals surface area contributed by atoms with Gasteiger partial charge in [-0.1, -0.05) is 49.4 Å². The van der Waals surface area contributed by atoms with Gasteiger partial charge < -0.3 is 15.7 Å². The van der Waals surface area contributed by atoms with Gasteiger partial charge in [-0.25, -0.2) is 4.98 Å². The highest BCUT2D eigenvalue weighted by Gasteiger charge is 2.32. The number of carbonyl (C=O) groups excluding carboxylic acids is 1. The summed E-state index contributed by atoms with van der Waals surface area (Å²) >= 11 is 0. The Morgan fingerprint density at radius 1 is 1.09 bits per heavy atom. The lowest BCUT2D eigenvalue weighted by molar-refractivity contribution is 0.100. The van der Waals surface area contributed by atoms with Gasteiger partial charge >= 0.3 is 0 Å². The minimum atomic E-state index is -0.474. The van der Waals surface area contributed by atoms with Crippen molar-refractivity contribution in [1.29, 1.82) is 0 Å². The number of benzene rings is 2. The maximum absolute atomic E-state index is 12.4. The molecule has 4 aromatic rings. The Hall–Kier alpha value is -3.09. The van der Waals surface area contributed by atoms with Crippen LogP contribution in [0.1, 0.15) is 41.3 Å². The lowest BCUT2D eigenvalue weighted by atomic mass is 9.81. The zero-order chi connectivity index (χ0) is 22.3. The van der Waals surface area contributed by atoms with E-state index in [2.05, 4.69) is 28.4 Å². The molecule has 0 atom stereocenters. The highest BCUT2D eigenvalue weighted by molar-refractivity contribution is 6.02. The third-order valence-electron chi connectivity index (χ3n) is 6.77. The third kappa shape index (κ3) is 4.16. The zero-order valence-corrected chi connectivity index (χ0v) is 19.5. The number of hydrogen-bond acceptors (Lipinski definition) is 4. The van der Waals surface area contributed by atoms with E-state index in [1.54, 1.807) is 0 Å². The number of rotatable bonds is 5. The Balaban J connectivity index is 0.00000259. The van der Waals surface area contributed by atoms with Gasteiger partial charge in [-0.15, -0.1) is 12.4 Å². The Bertz CT molecular complexity index is 1290. The summed E-state index contributed by atoms with van der Waals surface area (Å²) in [4.78, 5) is 19.6. The summed E-state index contributed by atoms with van der Waals surface area (Å²) in [5.41, 5.74) is 10.8. The topological polar surface area (TPSA) is 83.9 Å². The van der Waals surface area contributed by atoms with Crippen LogP contribution in [-0.4, -0.2) is 40.1 Å². The van der Waals surface area contributed by atoms with Crippen LogP contribution in [0.25, 0.3) is 16.7 Å². The van der Waals surface area contributed by atoms with Crippen molar-refractivity contribution in [3.8, 4) is 0 Å². The molecule has 1 fully saturated rings. The fraction of sp³-hybridized carbons (Fsp3) is 0.308. The molecule has 5 rings (SSSR count). The first-order valence-corrected chi connectivity index (χ1v) is 11.1. The summed E-state index contributed by atoms with van der Waals surface area (Å²) in [6.45, 7) is 4.00. The number of halogens is 1. The van der Waals surface area contributed by atoms with Crippen LogP contribution in [0.15, 0.2) is 60.7 Å². The van der Waals surface area contributed by atoms with Crippen LogP contribution in [0.4, 0.5) is 5.82 Å². The van der Waals surface area contributed by atoms with Crippen LogP contribution >= 0.6 is 12.4 Å². The Morgan fingerprint density at radius 3 is 2.42 bits per heavy atom. The number of pyridine rings is 1. The molecule has 172 valence electrons. The molecule has 0 bridgehead atoms. The normalized spacial score (nSPS) is 15.5. The van der Waals surface area contributed by atoms with Crippen molar-refractivity contribution in [1.82, 2.24) is 9.38 Å². The number of piperidine rings is 1. The second kappa shape index (κ2) is 9.04. The number of aliphatic hydroxyl groups is 1. The summed E-state index contributed by atoms with van der Waals surface area (Å²) < 4.78 is 2.11. The molecule has 7 heteroatoms. The first kappa shape index (κ1) is 23.1. The molecule has 33 heavy (non-hydrogen) atoms. The average Bonchev–Trinajstić information content (AvgIpc) is 3.19. The van der Waals surface area contributed by atoms with E-state index < -0.39 is 5.91 Å². The van der Waals surface area contributed by atoms with Crippen molar-refractivity contribution < 1.29 is 9.90 Å².